The Morgan fingerprint density at radius 1 is 0.745 bits per heavy atom. The molecule has 1 aliphatic rings. The second-order valence-electron chi connectivity index (χ2n) is 15.8. The molecule has 8 heteroatoms. The molecule has 1 saturated carbocycles. The molecule has 0 radical (unpaired) electrons. The van der Waals surface area contributed by atoms with Gasteiger partial charge in [0.2, 0.25) is 0 Å². The van der Waals surface area contributed by atoms with Crippen molar-refractivity contribution in [1.29, 1.82) is 0 Å². The van der Waals surface area contributed by atoms with Crippen LogP contribution in [0.25, 0.3) is 11.1 Å². The molecule has 1 heterocycles. The van der Waals surface area contributed by atoms with Crippen molar-refractivity contribution in [3.8, 4) is 16.9 Å². The minimum Gasteiger partial charge on any atom is -0.493 e. The number of nitrogens with zero attached hydrogens (tertiary/aromatic N) is 3. The summed E-state index contributed by atoms with van der Waals surface area (Å²) in [6, 6.07) is 28.1. The Labute approximate surface area is 304 Å². The van der Waals surface area contributed by atoms with Crippen molar-refractivity contribution < 1.29 is 19.1 Å². The molecule has 0 aliphatic heterocycles. The summed E-state index contributed by atoms with van der Waals surface area (Å²) in [7, 11) is 0. The van der Waals surface area contributed by atoms with Gasteiger partial charge in [-0.05, 0) is 97.2 Å². The highest BCUT2D eigenvalue weighted by molar-refractivity contribution is 5.89. The van der Waals surface area contributed by atoms with Gasteiger partial charge in [0.15, 0.2) is 0 Å². The molecule has 270 valence electrons. The Balaban J connectivity index is 1.24. The molecule has 0 bridgehead atoms. The summed E-state index contributed by atoms with van der Waals surface area (Å²) in [6.07, 6.45) is 8.84. The summed E-state index contributed by atoms with van der Waals surface area (Å²) >= 11 is 0. The van der Waals surface area contributed by atoms with Gasteiger partial charge in [-0.15, -0.1) is 0 Å². The van der Waals surface area contributed by atoms with Gasteiger partial charge in [-0.25, -0.2) is 9.59 Å². The van der Waals surface area contributed by atoms with Gasteiger partial charge in [-0.3, -0.25) is 4.98 Å². The van der Waals surface area contributed by atoms with Crippen LogP contribution in [0.15, 0.2) is 97.3 Å². The van der Waals surface area contributed by atoms with Crippen LogP contribution in [0.4, 0.5) is 15.3 Å². The number of aromatic nitrogens is 1. The van der Waals surface area contributed by atoms with Crippen LogP contribution >= 0.6 is 0 Å². The summed E-state index contributed by atoms with van der Waals surface area (Å²) in [5.41, 5.74) is 5.44. The molecule has 1 N–H and O–H groups in total. The lowest BCUT2D eigenvalue weighted by Crippen LogP contribution is -2.43. The van der Waals surface area contributed by atoms with Crippen molar-refractivity contribution in [3.05, 3.63) is 114 Å². The third-order valence-electron chi connectivity index (χ3n) is 8.77. The van der Waals surface area contributed by atoms with Gasteiger partial charge in [-0.2, -0.15) is 0 Å². The Morgan fingerprint density at radius 3 is 1.88 bits per heavy atom. The summed E-state index contributed by atoms with van der Waals surface area (Å²) in [5, 5.41) is 3.06. The molecular weight excluding hydrogens is 636 g/mol. The molecule has 3 amide bonds. The maximum atomic E-state index is 13.6. The number of pyridine rings is 1. The molecule has 3 aromatic carbocycles. The normalized spacial score (nSPS) is 13.7. The zero-order valence-electron chi connectivity index (χ0n) is 31.2. The van der Waals surface area contributed by atoms with E-state index in [4.69, 9.17) is 9.47 Å². The van der Waals surface area contributed by atoms with Crippen molar-refractivity contribution in [1.82, 2.24) is 14.8 Å². The van der Waals surface area contributed by atoms with Crippen LogP contribution in [0.3, 0.4) is 0 Å². The van der Waals surface area contributed by atoms with E-state index in [1.54, 1.807) is 17.3 Å². The number of carbonyl (C=O) groups excluding carboxylic acids is 2. The number of rotatable bonds is 11. The minimum atomic E-state index is -0.534. The molecule has 51 heavy (non-hydrogen) atoms. The highest BCUT2D eigenvalue weighted by Gasteiger charge is 2.29. The monoisotopic (exact) mass is 690 g/mol. The maximum Gasteiger partial charge on any atom is 0.410 e. The lowest BCUT2D eigenvalue weighted by molar-refractivity contribution is 0.00988. The summed E-state index contributed by atoms with van der Waals surface area (Å²) in [6.45, 7) is 14.1. The largest absolute Gasteiger partial charge is 0.493 e. The van der Waals surface area contributed by atoms with Crippen molar-refractivity contribution in [2.24, 2.45) is 5.41 Å². The number of urea groups is 1. The highest BCUT2D eigenvalue weighted by Crippen LogP contribution is 2.28. The number of ether oxygens (including phenoxy) is 2. The van der Waals surface area contributed by atoms with Gasteiger partial charge in [-0.1, -0.05) is 94.6 Å². The first-order valence-electron chi connectivity index (χ1n) is 18.2. The van der Waals surface area contributed by atoms with Gasteiger partial charge >= 0.3 is 12.1 Å². The highest BCUT2D eigenvalue weighted by atomic mass is 16.6. The van der Waals surface area contributed by atoms with E-state index in [-0.39, 0.29) is 23.6 Å². The molecule has 1 aromatic heterocycles. The third-order valence-corrected chi connectivity index (χ3v) is 8.77. The van der Waals surface area contributed by atoms with E-state index < -0.39 is 5.60 Å². The van der Waals surface area contributed by atoms with Crippen LogP contribution in [0.2, 0.25) is 0 Å². The lowest BCUT2D eigenvalue weighted by atomic mass is 9.94. The van der Waals surface area contributed by atoms with E-state index >= 15 is 0 Å². The molecule has 8 nitrogen and oxygen atoms in total. The van der Waals surface area contributed by atoms with Crippen LogP contribution in [0, 0.1) is 5.41 Å². The molecule has 0 saturated heterocycles. The molecule has 4 aromatic rings. The first-order valence-corrected chi connectivity index (χ1v) is 18.2. The third kappa shape index (κ3) is 11.9. The first kappa shape index (κ1) is 37.4. The van der Waals surface area contributed by atoms with E-state index in [9.17, 15) is 9.59 Å². The van der Waals surface area contributed by atoms with E-state index in [1.165, 1.54) is 6.42 Å². The van der Waals surface area contributed by atoms with Crippen molar-refractivity contribution in [2.45, 2.75) is 105 Å². The Kier molecular flexibility index (Phi) is 12.4. The standard InChI is InChI=1S/C43H54N4O4/c1-42(2,3)31-50-39-24-22-37(23-25-39)45-40(48)46(29-34-11-10-26-44-27-34)28-32-14-18-35(19-15-32)36-20-16-33(17-21-36)30-47(38-12-8-7-9-13-38)41(49)51-43(4,5)6/h10-11,14-27,38H,7-9,12-13,28-31H2,1-6H3,(H,45,48). The number of amides is 3. The second-order valence-corrected chi connectivity index (χ2v) is 15.8. The average Bonchev–Trinajstić information content (AvgIpc) is 3.10. The molecule has 0 spiro atoms. The van der Waals surface area contributed by atoms with Gasteiger partial charge in [0.1, 0.15) is 11.4 Å². The number of anilines is 1. The SMILES string of the molecule is CC(C)(C)COc1ccc(NC(=O)N(Cc2ccc(-c3ccc(CN(C(=O)OC(C)(C)C)C4CCCCC4)cc3)cc2)Cc2cccnc2)cc1. The van der Waals surface area contributed by atoms with E-state index in [1.807, 2.05) is 62.1 Å². The fourth-order valence-electron chi connectivity index (χ4n) is 6.13. The van der Waals surface area contributed by atoms with Crippen molar-refractivity contribution >= 4 is 17.8 Å². The Hall–Kier alpha value is -4.85. The lowest BCUT2D eigenvalue weighted by Gasteiger charge is -2.35. The molecule has 0 unspecified atom stereocenters. The smallest absolute Gasteiger partial charge is 0.410 e. The summed E-state index contributed by atoms with van der Waals surface area (Å²) in [5.74, 6) is 0.770. The van der Waals surface area contributed by atoms with E-state index in [0.29, 0.717) is 31.9 Å². The zero-order valence-corrected chi connectivity index (χ0v) is 31.2. The van der Waals surface area contributed by atoms with Crippen LogP contribution in [0.1, 0.15) is 90.3 Å². The van der Waals surface area contributed by atoms with Gasteiger partial charge in [0.05, 0.1) is 6.61 Å². The number of nitrogens with one attached hydrogen (secondary N) is 1. The topological polar surface area (TPSA) is 84.0 Å². The number of hydrogen-bond donors (Lipinski definition) is 1. The number of benzene rings is 3. The minimum absolute atomic E-state index is 0.0590. The Bertz CT molecular complexity index is 1690. The number of hydrogen-bond acceptors (Lipinski definition) is 5. The van der Waals surface area contributed by atoms with Crippen LogP contribution in [0.5, 0.6) is 5.75 Å². The summed E-state index contributed by atoms with van der Waals surface area (Å²) < 4.78 is 11.7. The molecule has 1 fully saturated rings. The zero-order chi connectivity index (χ0) is 36.4. The first-order chi connectivity index (χ1) is 24.3. The molecular formula is C43H54N4O4. The predicted molar refractivity (Wildman–Crippen MR) is 204 cm³/mol. The number of carbonyl (C=O) groups is 2. The van der Waals surface area contributed by atoms with Crippen LogP contribution in [-0.2, 0) is 24.4 Å². The second kappa shape index (κ2) is 16.9. The molecule has 5 rings (SSSR count). The van der Waals surface area contributed by atoms with E-state index in [2.05, 4.69) is 79.6 Å². The van der Waals surface area contributed by atoms with Crippen molar-refractivity contribution in [2.75, 3.05) is 11.9 Å². The van der Waals surface area contributed by atoms with E-state index in [0.717, 1.165) is 59.3 Å². The fraction of sp³-hybridized carbons (Fsp3) is 0.419. The Morgan fingerprint density at radius 2 is 1.33 bits per heavy atom. The molecule has 1 aliphatic carbocycles. The van der Waals surface area contributed by atoms with Gasteiger partial charge in [0, 0.05) is 43.8 Å². The van der Waals surface area contributed by atoms with Crippen LogP contribution < -0.4 is 10.1 Å². The fourth-order valence-corrected chi connectivity index (χ4v) is 6.13. The van der Waals surface area contributed by atoms with Gasteiger partial charge in [0.25, 0.3) is 0 Å². The van der Waals surface area contributed by atoms with Crippen molar-refractivity contribution in [3.63, 3.8) is 0 Å². The molecule has 0 atom stereocenters. The quantitative estimate of drug-likeness (QED) is 0.169. The maximum absolute atomic E-state index is 13.6. The van der Waals surface area contributed by atoms with Gasteiger partial charge < -0.3 is 24.6 Å². The predicted octanol–water partition coefficient (Wildman–Crippen LogP) is 10.5. The average molecular weight is 691 g/mol. The van der Waals surface area contributed by atoms with Crippen LogP contribution in [-0.4, -0.2) is 45.2 Å². The summed E-state index contributed by atoms with van der Waals surface area (Å²) in [4.78, 5) is 34.8.